The molecule has 47 heavy (non-hydrogen) atoms. The summed E-state index contributed by atoms with van der Waals surface area (Å²) in [6.07, 6.45) is -5.48. The summed E-state index contributed by atoms with van der Waals surface area (Å²) in [4.78, 5) is 5.98. The van der Waals surface area contributed by atoms with Gasteiger partial charge in [-0.3, -0.25) is 9.88 Å². The van der Waals surface area contributed by atoms with Gasteiger partial charge in [-0.15, -0.1) is 0 Å². The van der Waals surface area contributed by atoms with Gasteiger partial charge < -0.3 is 4.74 Å². The van der Waals surface area contributed by atoms with Crippen LogP contribution in [0.15, 0.2) is 85.1 Å². The van der Waals surface area contributed by atoms with Gasteiger partial charge in [0.15, 0.2) is 9.84 Å². The first kappa shape index (κ1) is 33.0. The Bertz CT molecular complexity index is 1800. The molecule has 1 aromatic heterocycles. The van der Waals surface area contributed by atoms with Gasteiger partial charge in [0.05, 0.1) is 28.3 Å². The Morgan fingerprint density at radius 3 is 2.02 bits per heavy atom. The highest BCUT2D eigenvalue weighted by Gasteiger charge is 2.40. The third kappa shape index (κ3) is 7.98. The maximum absolute atomic E-state index is 13.3. The third-order valence-corrected chi connectivity index (χ3v) is 10.3. The number of hydrogen-bond acceptors (Lipinski definition) is 5. The van der Waals surface area contributed by atoms with Crippen LogP contribution in [0.25, 0.3) is 11.1 Å². The number of likely N-dealkylation sites (tertiary alicyclic amines) is 1. The van der Waals surface area contributed by atoms with E-state index in [4.69, 9.17) is 4.74 Å². The quantitative estimate of drug-likeness (QED) is 0.185. The van der Waals surface area contributed by atoms with E-state index in [1.165, 1.54) is 0 Å². The Morgan fingerprint density at radius 1 is 0.745 bits per heavy atom. The largest absolute Gasteiger partial charge is 0.487 e. The second kappa shape index (κ2) is 12.6. The fourth-order valence-electron chi connectivity index (χ4n) is 6.35. The van der Waals surface area contributed by atoms with Gasteiger partial charge in [0.2, 0.25) is 0 Å². The van der Waals surface area contributed by atoms with Crippen molar-refractivity contribution in [2.75, 3.05) is 13.1 Å². The van der Waals surface area contributed by atoms with Crippen molar-refractivity contribution in [1.29, 1.82) is 0 Å². The van der Waals surface area contributed by atoms with E-state index < -0.39 is 38.9 Å². The number of halogens is 6. The van der Waals surface area contributed by atoms with E-state index >= 15 is 0 Å². The molecular weight excluding hydrogens is 642 g/mol. The molecule has 3 heterocycles. The van der Waals surface area contributed by atoms with Gasteiger partial charge >= 0.3 is 12.4 Å². The highest BCUT2D eigenvalue weighted by atomic mass is 32.2. The molecule has 0 saturated carbocycles. The topological polar surface area (TPSA) is 59.5 Å². The number of aromatic nitrogens is 1. The summed E-state index contributed by atoms with van der Waals surface area (Å²) < 4.78 is 112. The zero-order chi connectivity index (χ0) is 33.5. The first-order valence-electron chi connectivity index (χ1n) is 15.2. The van der Waals surface area contributed by atoms with Gasteiger partial charge in [0.25, 0.3) is 0 Å². The van der Waals surface area contributed by atoms with E-state index in [2.05, 4.69) is 11.1 Å². The lowest BCUT2D eigenvalue weighted by molar-refractivity contribution is -0.143. The molecule has 1 fully saturated rings. The minimum atomic E-state index is -4.88. The van der Waals surface area contributed by atoms with Crippen molar-refractivity contribution in [2.24, 2.45) is 0 Å². The molecule has 2 aliphatic rings. The summed E-state index contributed by atoms with van der Waals surface area (Å²) >= 11 is 0. The number of alkyl halides is 6. The summed E-state index contributed by atoms with van der Waals surface area (Å²) in [5, 5.41) is 0. The van der Waals surface area contributed by atoms with Crippen LogP contribution < -0.4 is 4.74 Å². The number of nitrogens with zero attached hydrogens (tertiary/aromatic N) is 2. The molecule has 0 amide bonds. The van der Waals surface area contributed by atoms with Gasteiger partial charge in [-0.25, -0.2) is 8.42 Å². The van der Waals surface area contributed by atoms with Crippen LogP contribution in [-0.2, 0) is 46.7 Å². The number of aryl methyl sites for hydroxylation is 1. The van der Waals surface area contributed by atoms with E-state index in [0.717, 1.165) is 47.4 Å². The van der Waals surface area contributed by atoms with E-state index in [1.807, 2.05) is 41.3 Å². The minimum Gasteiger partial charge on any atom is -0.487 e. The molecule has 0 radical (unpaired) electrons. The molecule has 0 bridgehead atoms. The van der Waals surface area contributed by atoms with Crippen molar-refractivity contribution in [3.63, 3.8) is 0 Å². The Labute approximate surface area is 269 Å². The van der Waals surface area contributed by atoms with E-state index in [-0.39, 0.29) is 29.7 Å². The zero-order valence-corrected chi connectivity index (χ0v) is 26.1. The highest BCUT2D eigenvalue weighted by molar-refractivity contribution is 7.89. The lowest BCUT2D eigenvalue weighted by atomic mass is 9.82. The Kier molecular flexibility index (Phi) is 8.86. The molecule has 12 heteroatoms. The summed E-state index contributed by atoms with van der Waals surface area (Å²) in [5.41, 5.74) is 1.07. The molecule has 0 aliphatic carbocycles. The van der Waals surface area contributed by atoms with Crippen molar-refractivity contribution < 1.29 is 39.5 Å². The van der Waals surface area contributed by atoms with Crippen molar-refractivity contribution >= 4 is 9.84 Å². The van der Waals surface area contributed by atoms with Gasteiger partial charge in [-0.2, -0.15) is 26.3 Å². The SMILES string of the molecule is O=S(=O)(Cc1ccc(-c2ccc3c(c2)CCC2(CCN(Cc4cc(C(F)(F)F)cc(C(F)(F)F)c4)CC2)O3)cc1)Cc1ccccn1. The van der Waals surface area contributed by atoms with Crippen LogP contribution in [0, 0.1) is 0 Å². The number of rotatable bonds is 7. The molecule has 0 unspecified atom stereocenters. The van der Waals surface area contributed by atoms with Crippen LogP contribution in [0.5, 0.6) is 5.75 Å². The summed E-state index contributed by atoms with van der Waals surface area (Å²) in [6, 6.07) is 20.3. The second-order valence-corrected chi connectivity index (χ2v) is 14.4. The predicted octanol–water partition coefficient (Wildman–Crippen LogP) is 8.26. The minimum absolute atomic E-state index is 0.0159. The smallest absolute Gasteiger partial charge is 0.416 e. The third-order valence-electron chi connectivity index (χ3n) is 8.83. The first-order chi connectivity index (χ1) is 22.2. The molecule has 2 aliphatic heterocycles. The van der Waals surface area contributed by atoms with Crippen LogP contribution in [-0.4, -0.2) is 37.0 Å². The van der Waals surface area contributed by atoms with E-state index in [9.17, 15) is 34.8 Å². The molecular formula is C35H32F6N2O3S. The Balaban J connectivity index is 1.07. The monoisotopic (exact) mass is 674 g/mol. The van der Waals surface area contributed by atoms with Crippen LogP contribution in [0.4, 0.5) is 26.3 Å². The molecule has 0 N–H and O–H groups in total. The van der Waals surface area contributed by atoms with E-state index in [0.29, 0.717) is 37.2 Å². The number of benzene rings is 3. The average molecular weight is 675 g/mol. The molecule has 1 spiro atoms. The average Bonchev–Trinajstić information content (AvgIpc) is 3.01. The van der Waals surface area contributed by atoms with Crippen LogP contribution >= 0.6 is 0 Å². The molecule has 6 rings (SSSR count). The molecule has 5 nitrogen and oxygen atoms in total. The predicted molar refractivity (Wildman–Crippen MR) is 165 cm³/mol. The summed E-state index contributed by atoms with van der Waals surface area (Å²) in [5.74, 6) is 0.549. The lowest BCUT2D eigenvalue weighted by Crippen LogP contribution is -2.49. The van der Waals surface area contributed by atoms with Gasteiger partial charge in [0.1, 0.15) is 11.4 Å². The second-order valence-electron chi connectivity index (χ2n) is 12.3. The number of pyridine rings is 1. The Hall–Kier alpha value is -3.90. The van der Waals surface area contributed by atoms with Crippen LogP contribution in [0.2, 0.25) is 0 Å². The number of hydrogen-bond donors (Lipinski definition) is 0. The number of fused-ring (bicyclic) bond motifs is 1. The van der Waals surface area contributed by atoms with Gasteiger partial charge in [-0.05, 0) is 96.0 Å². The first-order valence-corrected chi connectivity index (χ1v) is 17.0. The van der Waals surface area contributed by atoms with Crippen molar-refractivity contribution in [3.8, 4) is 16.9 Å². The number of sulfone groups is 1. The number of ether oxygens (including phenoxy) is 1. The highest BCUT2D eigenvalue weighted by Crippen LogP contribution is 2.42. The molecule has 248 valence electrons. The Morgan fingerprint density at radius 2 is 1.40 bits per heavy atom. The van der Waals surface area contributed by atoms with Crippen molar-refractivity contribution in [3.05, 3.63) is 119 Å². The van der Waals surface area contributed by atoms with Crippen LogP contribution in [0.3, 0.4) is 0 Å². The van der Waals surface area contributed by atoms with E-state index in [1.54, 1.807) is 24.4 Å². The maximum Gasteiger partial charge on any atom is 0.416 e. The normalized spacial score (nSPS) is 16.9. The molecule has 0 atom stereocenters. The van der Waals surface area contributed by atoms with Gasteiger partial charge in [0, 0.05) is 25.8 Å². The molecule has 3 aromatic carbocycles. The standard InChI is InChI=1S/C35H32F6N2O3S/c36-34(37,38)29-17-25(18-30(20-29)35(39,40)41)21-43-15-12-33(13-16-43)11-10-28-19-27(8-9-32(28)46-33)26-6-4-24(5-7-26)22-47(44,45)23-31-3-1-2-14-42-31/h1-9,14,17-20H,10-13,15-16,21-23H2. The molecule has 1 saturated heterocycles. The fraction of sp³-hybridized carbons (Fsp3) is 0.343. The number of piperidine rings is 1. The summed E-state index contributed by atoms with van der Waals surface area (Å²) in [7, 11) is -3.39. The van der Waals surface area contributed by atoms with Crippen molar-refractivity contribution in [1.82, 2.24) is 9.88 Å². The van der Waals surface area contributed by atoms with Crippen LogP contribution in [0.1, 0.15) is 52.8 Å². The van der Waals surface area contributed by atoms with Crippen molar-refractivity contribution in [2.45, 2.75) is 61.7 Å². The maximum atomic E-state index is 13.3. The fourth-order valence-corrected chi connectivity index (χ4v) is 7.77. The van der Waals surface area contributed by atoms with Gasteiger partial charge in [-0.1, -0.05) is 36.4 Å². The molecule has 4 aromatic rings. The lowest BCUT2D eigenvalue weighted by Gasteiger charge is -2.44. The zero-order valence-electron chi connectivity index (χ0n) is 25.2. The summed E-state index contributed by atoms with van der Waals surface area (Å²) in [6.45, 7) is 0.946.